The molecule has 2 heterocycles. The number of aromatic nitrogens is 2. The largest absolute Gasteiger partial charge is 0.320 e. The van der Waals surface area contributed by atoms with E-state index in [2.05, 4.69) is 23.3 Å². The lowest BCUT2D eigenvalue weighted by molar-refractivity contribution is 0.102. The molecule has 3 aromatic rings. The van der Waals surface area contributed by atoms with Crippen molar-refractivity contribution in [2.45, 2.75) is 40.5 Å². The smallest absolute Gasteiger partial charge is 0.274 e. The van der Waals surface area contributed by atoms with Gasteiger partial charge in [0, 0.05) is 11.9 Å². The number of nitrogens with zero attached hydrogens (tertiary/aromatic N) is 2. The van der Waals surface area contributed by atoms with Gasteiger partial charge in [0.05, 0.1) is 5.69 Å². The fourth-order valence-corrected chi connectivity index (χ4v) is 3.06. The Balaban J connectivity index is 2.08. The average molecular weight is 321 g/mol. The standard InChI is InChI=1S/C20H23N3O/c1-5-15-9-7-8-14(4)18(15)22-20(24)19-16(6-2)21-17-11-10-13(3)12-23(17)19/h7-12H,5-6H2,1-4H3,(H,22,24). The number of hydrogen-bond acceptors (Lipinski definition) is 2. The Kier molecular flexibility index (Phi) is 4.38. The molecule has 0 aliphatic carbocycles. The maximum absolute atomic E-state index is 13.0. The van der Waals surface area contributed by atoms with Crippen molar-refractivity contribution in [2.24, 2.45) is 0 Å². The molecule has 0 atom stereocenters. The molecule has 1 amide bonds. The topological polar surface area (TPSA) is 46.4 Å². The molecule has 0 radical (unpaired) electrons. The summed E-state index contributed by atoms with van der Waals surface area (Å²) >= 11 is 0. The Hall–Kier alpha value is -2.62. The number of carbonyl (C=O) groups excluding carboxylic acids is 1. The average Bonchev–Trinajstić information content (AvgIpc) is 2.94. The van der Waals surface area contributed by atoms with Crippen LogP contribution in [0.3, 0.4) is 0 Å². The van der Waals surface area contributed by atoms with E-state index >= 15 is 0 Å². The van der Waals surface area contributed by atoms with Crippen LogP contribution in [0.2, 0.25) is 0 Å². The van der Waals surface area contributed by atoms with E-state index in [0.717, 1.165) is 46.6 Å². The van der Waals surface area contributed by atoms with E-state index in [4.69, 9.17) is 0 Å². The Bertz CT molecular complexity index is 909. The Morgan fingerprint density at radius 1 is 1.12 bits per heavy atom. The zero-order valence-corrected chi connectivity index (χ0v) is 14.7. The van der Waals surface area contributed by atoms with Gasteiger partial charge in [-0.05, 0) is 49.4 Å². The minimum absolute atomic E-state index is 0.103. The first-order valence-corrected chi connectivity index (χ1v) is 8.42. The molecule has 4 heteroatoms. The summed E-state index contributed by atoms with van der Waals surface area (Å²) in [5.74, 6) is -0.103. The molecule has 2 aromatic heterocycles. The summed E-state index contributed by atoms with van der Waals surface area (Å²) in [6, 6.07) is 10.1. The van der Waals surface area contributed by atoms with Gasteiger partial charge in [-0.1, -0.05) is 38.1 Å². The van der Waals surface area contributed by atoms with E-state index in [1.54, 1.807) is 0 Å². The summed E-state index contributed by atoms with van der Waals surface area (Å²) in [6.07, 6.45) is 3.57. The SMILES string of the molecule is CCc1cccc(C)c1NC(=O)c1c(CC)nc2ccc(C)cn12. The highest BCUT2D eigenvalue weighted by Crippen LogP contribution is 2.23. The third-order valence-corrected chi connectivity index (χ3v) is 4.37. The fourth-order valence-electron chi connectivity index (χ4n) is 3.06. The van der Waals surface area contributed by atoms with Crippen molar-refractivity contribution in [3.05, 3.63) is 64.6 Å². The summed E-state index contributed by atoms with van der Waals surface area (Å²) < 4.78 is 1.90. The quantitative estimate of drug-likeness (QED) is 0.777. The summed E-state index contributed by atoms with van der Waals surface area (Å²) in [7, 11) is 0. The van der Waals surface area contributed by atoms with Crippen LogP contribution >= 0.6 is 0 Å². The normalized spacial score (nSPS) is 11.0. The van der Waals surface area contributed by atoms with Crippen molar-refractivity contribution in [2.75, 3.05) is 5.32 Å². The van der Waals surface area contributed by atoms with Crippen LogP contribution in [0.5, 0.6) is 0 Å². The molecule has 0 bridgehead atoms. The summed E-state index contributed by atoms with van der Waals surface area (Å²) in [6.45, 7) is 8.16. The number of para-hydroxylation sites is 1. The summed E-state index contributed by atoms with van der Waals surface area (Å²) in [4.78, 5) is 17.6. The molecule has 24 heavy (non-hydrogen) atoms. The molecule has 124 valence electrons. The van der Waals surface area contributed by atoms with Gasteiger partial charge >= 0.3 is 0 Å². The molecule has 0 spiro atoms. The molecule has 0 saturated carbocycles. The third kappa shape index (κ3) is 2.80. The zero-order chi connectivity index (χ0) is 17.3. The van der Waals surface area contributed by atoms with Crippen LogP contribution in [0.1, 0.15) is 46.7 Å². The second-order valence-corrected chi connectivity index (χ2v) is 6.11. The summed E-state index contributed by atoms with van der Waals surface area (Å²) in [5.41, 5.74) is 6.49. The van der Waals surface area contributed by atoms with Gasteiger partial charge in [-0.3, -0.25) is 9.20 Å². The van der Waals surface area contributed by atoms with Crippen LogP contribution in [0.4, 0.5) is 5.69 Å². The second kappa shape index (κ2) is 6.48. The molecule has 1 aromatic carbocycles. The van der Waals surface area contributed by atoms with Gasteiger partial charge < -0.3 is 5.32 Å². The van der Waals surface area contributed by atoms with E-state index in [-0.39, 0.29) is 5.91 Å². The third-order valence-electron chi connectivity index (χ3n) is 4.37. The maximum Gasteiger partial charge on any atom is 0.274 e. The van der Waals surface area contributed by atoms with E-state index < -0.39 is 0 Å². The Morgan fingerprint density at radius 3 is 2.62 bits per heavy atom. The first-order valence-electron chi connectivity index (χ1n) is 8.42. The first-order chi connectivity index (χ1) is 11.5. The Morgan fingerprint density at radius 2 is 1.92 bits per heavy atom. The number of anilines is 1. The van der Waals surface area contributed by atoms with Crippen LogP contribution < -0.4 is 5.32 Å². The molecular formula is C20H23N3O. The molecule has 4 nitrogen and oxygen atoms in total. The number of hydrogen-bond donors (Lipinski definition) is 1. The number of nitrogens with one attached hydrogen (secondary N) is 1. The van der Waals surface area contributed by atoms with Gasteiger partial charge in [0.25, 0.3) is 5.91 Å². The van der Waals surface area contributed by atoms with E-state index in [1.807, 2.05) is 55.6 Å². The number of benzene rings is 1. The molecule has 0 aliphatic heterocycles. The van der Waals surface area contributed by atoms with Gasteiger partial charge in [-0.25, -0.2) is 4.98 Å². The molecule has 0 saturated heterocycles. The number of amides is 1. The highest BCUT2D eigenvalue weighted by Gasteiger charge is 2.19. The summed E-state index contributed by atoms with van der Waals surface area (Å²) in [5, 5.41) is 3.12. The van der Waals surface area contributed by atoms with E-state index in [9.17, 15) is 4.79 Å². The molecule has 0 unspecified atom stereocenters. The maximum atomic E-state index is 13.0. The predicted molar refractivity (Wildman–Crippen MR) is 97.8 cm³/mol. The van der Waals surface area contributed by atoms with Gasteiger partial charge in [0.15, 0.2) is 0 Å². The van der Waals surface area contributed by atoms with Gasteiger partial charge in [0.1, 0.15) is 11.3 Å². The molecule has 1 N–H and O–H groups in total. The molecule has 3 rings (SSSR count). The van der Waals surface area contributed by atoms with Crippen molar-refractivity contribution in [3.8, 4) is 0 Å². The van der Waals surface area contributed by atoms with Crippen LogP contribution in [0.25, 0.3) is 5.65 Å². The highest BCUT2D eigenvalue weighted by molar-refractivity contribution is 6.05. The monoisotopic (exact) mass is 321 g/mol. The number of pyridine rings is 1. The van der Waals surface area contributed by atoms with E-state index in [1.165, 1.54) is 0 Å². The molecule has 0 aliphatic rings. The van der Waals surface area contributed by atoms with E-state index in [0.29, 0.717) is 5.69 Å². The molecule has 0 fully saturated rings. The fraction of sp³-hybridized carbons (Fsp3) is 0.300. The van der Waals surface area contributed by atoms with Crippen molar-refractivity contribution >= 4 is 17.2 Å². The minimum Gasteiger partial charge on any atom is -0.320 e. The number of aryl methyl sites for hydroxylation is 4. The van der Waals surface area contributed by atoms with Gasteiger partial charge in [0.2, 0.25) is 0 Å². The van der Waals surface area contributed by atoms with Gasteiger partial charge in [-0.2, -0.15) is 0 Å². The van der Waals surface area contributed by atoms with Crippen molar-refractivity contribution in [1.29, 1.82) is 0 Å². The zero-order valence-electron chi connectivity index (χ0n) is 14.7. The van der Waals surface area contributed by atoms with Crippen LogP contribution in [-0.2, 0) is 12.8 Å². The minimum atomic E-state index is -0.103. The lowest BCUT2D eigenvalue weighted by atomic mass is 10.1. The number of rotatable bonds is 4. The van der Waals surface area contributed by atoms with Crippen LogP contribution in [0, 0.1) is 13.8 Å². The van der Waals surface area contributed by atoms with Crippen molar-refractivity contribution in [1.82, 2.24) is 9.38 Å². The Labute approximate surface area is 142 Å². The predicted octanol–water partition coefficient (Wildman–Crippen LogP) is 4.33. The van der Waals surface area contributed by atoms with Gasteiger partial charge in [-0.15, -0.1) is 0 Å². The first kappa shape index (κ1) is 16.2. The lowest BCUT2D eigenvalue weighted by Gasteiger charge is -2.13. The van der Waals surface area contributed by atoms with Crippen molar-refractivity contribution < 1.29 is 4.79 Å². The lowest BCUT2D eigenvalue weighted by Crippen LogP contribution is -2.18. The van der Waals surface area contributed by atoms with Crippen molar-refractivity contribution in [3.63, 3.8) is 0 Å². The molecular weight excluding hydrogens is 298 g/mol. The number of imidazole rings is 1. The highest BCUT2D eigenvalue weighted by atomic mass is 16.2. The second-order valence-electron chi connectivity index (χ2n) is 6.11. The van der Waals surface area contributed by atoms with Crippen LogP contribution in [0.15, 0.2) is 36.5 Å². The number of carbonyl (C=O) groups is 1. The van der Waals surface area contributed by atoms with Crippen LogP contribution in [-0.4, -0.2) is 15.3 Å². The number of fused-ring (bicyclic) bond motifs is 1.